The summed E-state index contributed by atoms with van der Waals surface area (Å²) in [6.45, 7) is 0.0321. The summed E-state index contributed by atoms with van der Waals surface area (Å²) in [6.07, 6.45) is 1.47. The highest BCUT2D eigenvalue weighted by Gasteiger charge is 2.08. The largest absolute Gasteiger partial charge is 0.497 e. The van der Waals surface area contributed by atoms with Gasteiger partial charge in [-0.15, -0.1) is 0 Å². The summed E-state index contributed by atoms with van der Waals surface area (Å²) in [4.78, 5) is 23.8. The van der Waals surface area contributed by atoms with Crippen LogP contribution in [0.15, 0.2) is 47.4 Å². The second kappa shape index (κ2) is 6.71. The van der Waals surface area contributed by atoms with E-state index in [1.165, 1.54) is 22.9 Å². The minimum atomic E-state index is -0.341. The Morgan fingerprint density at radius 1 is 1.24 bits per heavy atom. The fraction of sp³-hybridized carbons (Fsp3) is 0.200. The van der Waals surface area contributed by atoms with Crippen molar-refractivity contribution in [1.82, 2.24) is 9.88 Å². The second-order valence-corrected chi connectivity index (χ2v) is 4.30. The molecule has 0 aliphatic rings. The van der Waals surface area contributed by atoms with Crippen molar-refractivity contribution >= 4 is 5.91 Å². The van der Waals surface area contributed by atoms with Crippen LogP contribution in [0.3, 0.4) is 0 Å². The Bertz CT molecular complexity index is 677. The number of aliphatic hydroxyl groups excluding tert-OH is 1. The van der Waals surface area contributed by atoms with E-state index in [2.05, 4.69) is 5.32 Å². The summed E-state index contributed by atoms with van der Waals surface area (Å²) >= 11 is 0. The fourth-order valence-electron chi connectivity index (χ4n) is 1.84. The number of nitrogens with one attached hydrogen (secondary N) is 1. The van der Waals surface area contributed by atoms with Crippen LogP contribution in [-0.2, 0) is 0 Å². The summed E-state index contributed by atoms with van der Waals surface area (Å²) in [5.41, 5.74) is 0.746. The van der Waals surface area contributed by atoms with Gasteiger partial charge < -0.3 is 15.2 Å². The number of carbonyl (C=O) groups excluding carboxylic acids is 1. The molecule has 0 bridgehead atoms. The van der Waals surface area contributed by atoms with Crippen molar-refractivity contribution < 1.29 is 14.6 Å². The molecule has 0 aliphatic heterocycles. The average molecular weight is 288 g/mol. The Morgan fingerprint density at radius 3 is 2.57 bits per heavy atom. The first-order valence-electron chi connectivity index (χ1n) is 6.42. The maximum absolute atomic E-state index is 11.9. The van der Waals surface area contributed by atoms with E-state index in [-0.39, 0.29) is 24.6 Å². The maximum atomic E-state index is 11.9. The number of benzene rings is 1. The van der Waals surface area contributed by atoms with Crippen molar-refractivity contribution in [2.75, 3.05) is 20.3 Å². The molecule has 0 saturated carbocycles. The van der Waals surface area contributed by atoms with E-state index in [4.69, 9.17) is 9.84 Å². The lowest BCUT2D eigenvalue weighted by molar-refractivity contribution is 0.0944. The number of hydrogen-bond donors (Lipinski definition) is 2. The molecular weight excluding hydrogens is 272 g/mol. The monoisotopic (exact) mass is 288 g/mol. The predicted octanol–water partition coefficient (Wildman–Crippen LogP) is 0.568. The third-order valence-corrected chi connectivity index (χ3v) is 2.92. The Hall–Kier alpha value is -2.60. The molecule has 2 aromatic rings. The zero-order valence-electron chi connectivity index (χ0n) is 11.6. The van der Waals surface area contributed by atoms with Gasteiger partial charge in [-0.05, 0) is 30.3 Å². The predicted molar refractivity (Wildman–Crippen MR) is 78.0 cm³/mol. The third-order valence-electron chi connectivity index (χ3n) is 2.92. The molecular formula is C15H16N2O4. The molecule has 0 saturated heterocycles. The van der Waals surface area contributed by atoms with Gasteiger partial charge in [-0.25, -0.2) is 0 Å². The number of amides is 1. The number of aromatic nitrogens is 1. The zero-order valence-corrected chi connectivity index (χ0v) is 11.6. The molecule has 1 amide bonds. The van der Waals surface area contributed by atoms with E-state index in [9.17, 15) is 9.59 Å². The van der Waals surface area contributed by atoms with Gasteiger partial charge >= 0.3 is 0 Å². The number of rotatable bonds is 5. The minimum absolute atomic E-state index is 0.135. The van der Waals surface area contributed by atoms with Gasteiger partial charge in [0, 0.05) is 24.5 Å². The van der Waals surface area contributed by atoms with Gasteiger partial charge in [-0.2, -0.15) is 0 Å². The topological polar surface area (TPSA) is 80.6 Å². The van der Waals surface area contributed by atoms with Crippen LogP contribution < -0.4 is 15.6 Å². The molecule has 6 heteroatoms. The maximum Gasteiger partial charge on any atom is 0.255 e. The normalized spacial score (nSPS) is 10.2. The van der Waals surface area contributed by atoms with Gasteiger partial charge in [-0.1, -0.05) is 0 Å². The molecule has 21 heavy (non-hydrogen) atoms. The SMILES string of the molecule is COc1ccc(-n2cc(C(=O)NCCO)ccc2=O)cc1. The number of ether oxygens (including phenoxy) is 1. The highest BCUT2D eigenvalue weighted by molar-refractivity contribution is 5.93. The van der Waals surface area contributed by atoms with Gasteiger partial charge in [0.15, 0.2) is 0 Å². The summed E-state index contributed by atoms with van der Waals surface area (Å²) in [6, 6.07) is 9.72. The van der Waals surface area contributed by atoms with Crippen LogP contribution in [-0.4, -0.2) is 35.8 Å². The molecule has 0 spiro atoms. The Labute approximate surface area is 121 Å². The fourth-order valence-corrected chi connectivity index (χ4v) is 1.84. The standard InChI is InChI=1S/C15H16N2O4/c1-21-13-5-3-12(4-6-13)17-10-11(2-7-14(17)19)15(20)16-8-9-18/h2-7,10,18H,8-9H2,1H3,(H,16,20). The van der Waals surface area contributed by atoms with Crippen molar-refractivity contribution in [1.29, 1.82) is 0 Å². The van der Waals surface area contributed by atoms with Crippen molar-refractivity contribution in [3.8, 4) is 11.4 Å². The highest BCUT2D eigenvalue weighted by Crippen LogP contribution is 2.14. The van der Waals surface area contributed by atoms with Crippen molar-refractivity contribution in [2.45, 2.75) is 0 Å². The lowest BCUT2D eigenvalue weighted by Crippen LogP contribution is -2.28. The van der Waals surface area contributed by atoms with Crippen molar-refractivity contribution in [3.05, 3.63) is 58.5 Å². The van der Waals surface area contributed by atoms with E-state index >= 15 is 0 Å². The molecule has 1 heterocycles. The van der Waals surface area contributed by atoms with Crippen molar-refractivity contribution in [3.63, 3.8) is 0 Å². The number of methoxy groups -OCH3 is 1. The van der Waals surface area contributed by atoms with Gasteiger partial charge in [0.05, 0.1) is 19.3 Å². The molecule has 0 unspecified atom stereocenters. The lowest BCUT2D eigenvalue weighted by Gasteiger charge is -2.09. The third kappa shape index (κ3) is 3.49. The van der Waals surface area contributed by atoms with E-state index in [1.807, 2.05) is 0 Å². The van der Waals surface area contributed by atoms with E-state index < -0.39 is 0 Å². The number of hydrogen-bond acceptors (Lipinski definition) is 4. The Kier molecular flexibility index (Phi) is 4.73. The van der Waals surface area contributed by atoms with Gasteiger partial charge in [0.1, 0.15) is 5.75 Å². The van der Waals surface area contributed by atoms with Crippen LogP contribution in [0.1, 0.15) is 10.4 Å². The van der Waals surface area contributed by atoms with E-state index in [0.29, 0.717) is 17.0 Å². The molecule has 0 radical (unpaired) electrons. The quantitative estimate of drug-likeness (QED) is 0.843. The second-order valence-electron chi connectivity index (χ2n) is 4.30. The van der Waals surface area contributed by atoms with Crippen LogP contribution in [0, 0.1) is 0 Å². The molecule has 2 rings (SSSR count). The van der Waals surface area contributed by atoms with Crippen molar-refractivity contribution in [2.24, 2.45) is 0 Å². The Balaban J connectivity index is 2.34. The van der Waals surface area contributed by atoms with Gasteiger partial charge in [-0.3, -0.25) is 14.2 Å². The van der Waals surface area contributed by atoms with Crippen LogP contribution in [0.4, 0.5) is 0 Å². The molecule has 1 aromatic carbocycles. The molecule has 1 aromatic heterocycles. The number of pyridine rings is 1. The minimum Gasteiger partial charge on any atom is -0.497 e. The van der Waals surface area contributed by atoms with Crippen LogP contribution in [0.2, 0.25) is 0 Å². The highest BCUT2D eigenvalue weighted by atomic mass is 16.5. The van der Waals surface area contributed by atoms with Gasteiger partial charge in [0.2, 0.25) is 0 Å². The first-order valence-corrected chi connectivity index (χ1v) is 6.42. The number of carbonyl (C=O) groups is 1. The zero-order chi connectivity index (χ0) is 15.2. The summed E-state index contributed by atoms with van der Waals surface area (Å²) in [5, 5.41) is 11.2. The van der Waals surface area contributed by atoms with Crippen LogP contribution in [0.25, 0.3) is 5.69 Å². The smallest absolute Gasteiger partial charge is 0.255 e. The summed E-state index contributed by atoms with van der Waals surface area (Å²) < 4.78 is 6.45. The molecule has 0 aliphatic carbocycles. The first kappa shape index (κ1) is 14.8. The van der Waals surface area contributed by atoms with E-state index in [0.717, 1.165) is 0 Å². The lowest BCUT2D eigenvalue weighted by atomic mass is 10.2. The van der Waals surface area contributed by atoms with Gasteiger partial charge in [0.25, 0.3) is 11.5 Å². The molecule has 2 N–H and O–H groups in total. The number of nitrogens with zero attached hydrogens (tertiary/aromatic N) is 1. The Morgan fingerprint density at radius 2 is 1.95 bits per heavy atom. The number of aliphatic hydroxyl groups is 1. The summed E-state index contributed by atoms with van der Waals surface area (Å²) in [7, 11) is 1.56. The molecule has 0 atom stereocenters. The first-order chi connectivity index (χ1) is 10.2. The van der Waals surface area contributed by atoms with E-state index in [1.54, 1.807) is 31.4 Å². The average Bonchev–Trinajstić information content (AvgIpc) is 2.53. The van der Waals surface area contributed by atoms with Crippen LogP contribution >= 0.6 is 0 Å². The molecule has 0 fully saturated rings. The molecule has 6 nitrogen and oxygen atoms in total. The summed E-state index contributed by atoms with van der Waals surface area (Å²) in [5.74, 6) is 0.343. The van der Waals surface area contributed by atoms with Crippen LogP contribution in [0.5, 0.6) is 5.75 Å². The molecule has 110 valence electrons.